The number of hydrogen-bond acceptors (Lipinski definition) is 3. The van der Waals surface area contributed by atoms with Crippen molar-refractivity contribution < 1.29 is 9.59 Å². The monoisotopic (exact) mass is 280 g/mol. The molecule has 4 nitrogen and oxygen atoms in total. The Morgan fingerprint density at radius 1 is 1.32 bits per heavy atom. The molecule has 2 amide bonds. The van der Waals surface area contributed by atoms with Crippen LogP contribution >= 0.6 is 11.8 Å². The third kappa shape index (κ3) is 3.24. The van der Waals surface area contributed by atoms with Crippen molar-refractivity contribution in [3.05, 3.63) is 0 Å². The van der Waals surface area contributed by atoms with Crippen LogP contribution < -0.4 is 5.32 Å². The van der Waals surface area contributed by atoms with Crippen LogP contribution in [0, 0.1) is 12.3 Å². The lowest BCUT2D eigenvalue weighted by Gasteiger charge is -2.44. The van der Waals surface area contributed by atoms with Crippen LogP contribution in [0.2, 0.25) is 0 Å². The van der Waals surface area contributed by atoms with Crippen molar-refractivity contribution in [3.63, 3.8) is 0 Å². The normalized spacial score (nSPS) is 22.2. The zero-order valence-corrected chi connectivity index (χ0v) is 11.9. The molecule has 2 fully saturated rings. The fourth-order valence-electron chi connectivity index (χ4n) is 2.89. The van der Waals surface area contributed by atoms with Crippen molar-refractivity contribution >= 4 is 23.6 Å². The summed E-state index contributed by atoms with van der Waals surface area (Å²) in [5.74, 6) is 4.09. The van der Waals surface area contributed by atoms with Crippen molar-refractivity contribution in [2.75, 3.05) is 24.6 Å². The first-order valence-electron chi connectivity index (χ1n) is 6.79. The van der Waals surface area contributed by atoms with Crippen molar-refractivity contribution in [3.8, 4) is 12.3 Å². The van der Waals surface area contributed by atoms with E-state index < -0.39 is 5.54 Å². The van der Waals surface area contributed by atoms with Gasteiger partial charge in [0.15, 0.2) is 0 Å². The Balaban J connectivity index is 1.97. The average molecular weight is 280 g/mol. The number of carbonyl (C=O) groups is 2. The van der Waals surface area contributed by atoms with E-state index >= 15 is 0 Å². The molecule has 2 aliphatic rings. The van der Waals surface area contributed by atoms with Crippen LogP contribution in [0.15, 0.2) is 0 Å². The molecule has 0 atom stereocenters. The summed E-state index contributed by atoms with van der Waals surface area (Å²) in [4.78, 5) is 26.1. The number of terminal acetylenes is 1. The first-order chi connectivity index (χ1) is 9.18. The summed E-state index contributed by atoms with van der Waals surface area (Å²) in [5, 5.41) is 2.94. The molecule has 1 N–H and O–H groups in total. The number of amides is 2. The summed E-state index contributed by atoms with van der Waals surface area (Å²) in [6.45, 7) is 0.803. The van der Waals surface area contributed by atoms with Gasteiger partial charge >= 0.3 is 0 Å². The molecule has 0 radical (unpaired) electrons. The predicted molar refractivity (Wildman–Crippen MR) is 76.7 cm³/mol. The quantitative estimate of drug-likeness (QED) is 0.618. The molecule has 0 aromatic rings. The Hall–Kier alpha value is -1.15. The molecule has 0 unspecified atom stereocenters. The molecular weight excluding hydrogens is 260 g/mol. The van der Waals surface area contributed by atoms with Crippen LogP contribution in [0.5, 0.6) is 0 Å². The Morgan fingerprint density at radius 2 is 2.05 bits per heavy atom. The number of nitrogens with zero attached hydrogens (tertiary/aromatic N) is 1. The van der Waals surface area contributed by atoms with Crippen LogP contribution in [0.1, 0.15) is 32.1 Å². The van der Waals surface area contributed by atoms with Crippen molar-refractivity contribution in [2.24, 2.45) is 0 Å². The van der Waals surface area contributed by atoms with E-state index in [1.165, 1.54) is 0 Å². The minimum Gasteiger partial charge on any atom is -0.340 e. The topological polar surface area (TPSA) is 49.4 Å². The predicted octanol–water partition coefficient (Wildman–Crippen LogP) is 1.01. The summed E-state index contributed by atoms with van der Waals surface area (Å²) in [6.07, 6.45) is 9.95. The zero-order chi connectivity index (χ0) is 13.7. The summed E-state index contributed by atoms with van der Waals surface area (Å²) in [6, 6.07) is 0. The van der Waals surface area contributed by atoms with Crippen LogP contribution in [0.3, 0.4) is 0 Å². The molecule has 0 aromatic carbocycles. The van der Waals surface area contributed by atoms with Crippen molar-refractivity contribution in [1.29, 1.82) is 0 Å². The number of nitrogens with one attached hydrogen (secondary N) is 1. The second kappa shape index (κ2) is 6.33. The highest BCUT2D eigenvalue weighted by Gasteiger charge is 2.46. The van der Waals surface area contributed by atoms with E-state index in [-0.39, 0.29) is 18.4 Å². The van der Waals surface area contributed by atoms with Crippen LogP contribution in [-0.2, 0) is 9.59 Å². The summed E-state index contributed by atoms with van der Waals surface area (Å²) in [5.41, 5.74) is -0.607. The maximum Gasteiger partial charge on any atom is 0.248 e. The fraction of sp³-hybridized carbons (Fsp3) is 0.714. The van der Waals surface area contributed by atoms with E-state index in [0.29, 0.717) is 12.3 Å². The van der Waals surface area contributed by atoms with E-state index in [1.807, 2.05) is 0 Å². The molecule has 1 saturated heterocycles. The third-order valence-electron chi connectivity index (χ3n) is 3.81. The van der Waals surface area contributed by atoms with Crippen LogP contribution in [0.25, 0.3) is 0 Å². The lowest BCUT2D eigenvalue weighted by atomic mass is 9.79. The van der Waals surface area contributed by atoms with Gasteiger partial charge in [-0.05, 0) is 12.8 Å². The van der Waals surface area contributed by atoms with Crippen LogP contribution in [0.4, 0.5) is 0 Å². The lowest BCUT2D eigenvalue weighted by Crippen LogP contribution is -2.67. The van der Waals surface area contributed by atoms with Gasteiger partial charge in [0.05, 0.1) is 12.3 Å². The molecule has 1 aliphatic carbocycles. The van der Waals surface area contributed by atoms with Crippen molar-refractivity contribution in [1.82, 2.24) is 10.2 Å². The number of piperazine rings is 1. The summed E-state index contributed by atoms with van der Waals surface area (Å²) in [7, 11) is 0. The van der Waals surface area contributed by atoms with Gasteiger partial charge in [-0.3, -0.25) is 9.59 Å². The fourth-order valence-corrected chi connectivity index (χ4v) is 3.50. The van der Waals surface area contributed by atoms with Crippen LogP contribution in [-0.4, -0.2) is 46.8 Å². The lowest BCUT2D eigenvalue weighted by molar-refractivity contribution is -0.151. The van der Waals surface area contributed by atoms with Gasteiger partial charge in [0, 0.05) is 12.3 Å². The maximum absolute atomic E-state index is 12.6. The molecule has 2 rings (SSSR count). The largest absolute Gasteiger partial charge is 0.340 e. The van der Waals surface area contributed by atoms with Gasteiger partial charge in [0.2, 0.25) is 11.8 Å². The highest BCUT2D eigenvalue weighted by atomic mass is 32.2. The standard InChI is InChI=1S/C14H20N2O2S/c1-2-9-19-10-8-16-11-12(17)15-14(13(16)18)6-4-3-5-7-14/h1H,3-11H2,(H,15,17). The molecular formula is C14H20N2O2S. The van der Waals surface area contributed by atoms with Gasteiger partial charge in [0.1, 0.15) is 5.54 Å². The summed E-state index contributed by atoms with van der Waals surface area (Å²) >= 11 is 1.62. The molecule has 1 saturated carbocycles. The first-order valence-corrected chi connectivity index (χ1v) is 7.95. The molecule has 1 heterocycles. The van der Waals surface area contributed by atoms with Crippen molar-refractivity contribution in [2.45, 2.75) is 37.6 Å². The molecule has 104 valence electrons. The molecule has 0 aromatic heterocycles. The number of thioether (sulfide) groups is 1. The average Bonchev–Trinajstić information content (AvgIpc) is 2.41. The van der Waals surface area contributed by atoms with E-state index in [9.17, 15) is 9.59 Å². The van der Waals surface area contributed by atoms with E-state index in [2.05, 4.69) is 11.2 Å². The van der Waals surface area contributed by atoms with Gasteiger partial charge in [-0.2, -0.15) is 0 Å². The molecule has 1 aliphatic heterocycles. The number of rotatable bonds is 4. The van der Waals surface area contributed by atoms with E-state index in [4.69, 9.17) is 6.42 Å². The van der Waals surface area contributed by atoms with E-state index in [1.54, 1.807) is 16.7 Å². The van der Waals surface area contributed by atoms with Gasteiger partial charge < -0.3 is 10.2 Å². The Labute approximate surface area is 118 Å². The minimum atomic E-state index is -0.607. The van der Waals surface area contributed by atoms with Gasteiger partial charge in [-0.15, -0.1) is 18.2 Å². The molecule has 19 heavy (non-hydrogen) atoms. The van der Waals surface area contributed by atoms with Gasteiger partial charge in [0.25, 0.3) is 0 Å². The second-order valence-electron chi connectivity index (χ2n) is 5.17. The highest BCUT2D eigenvalue weighted by Crippen LogP contribution is 2.31. The first kappa shape index (κ1) is 14.3. The maximum atomic E-state index is 12.6. The SMILES string of the molecule is C#CCSCCN1CC(=O)NC2(CCCCC2)C1=O. The number of carbonyl (C=O) groups excluding carboxylic acids is 2. The van der Waals surface area contributed by atoms with Gasteiger partial charge in [-0.25, -0.2) is 0 Å². The second-order valence-corrected chi connectivity index (χ2v) is 6.28. The number of hydrogen-bond donors (Lipinski definition) is 1. The van der Waals surface area contributed by atoms with Gasteiger partial charge in [-0.1, -0.05) is 25.2 Å². The molecule has 0 bridgehead atoms. The smallest absolute Gasteiger partial charge is 0.248 e. The highest BCUT2D eigenvalue weighted by molar-refractivity contribution is 7.99. The van der Waals surface area contributed by atoms with E-state index in [0.717, 1.165) is 37.9 Å². The minimum absolute atomic E-state index is 0.0246. The molecule has 5 heteroatoms. The Bertz CT molecular complexity index is 397. The third-order valence-corrected chi connectivity index (χ3v) is 4.65. The molecule has 1 spiro atoms. The Kier molecular flexibility index (Phi) is 4.76. The summed E-state index contributed by atoms with van der Waals surface area (Å²) < 4.78 is 0. The zero-order valence-electron chi connectivity index (χ0n) is 11.1. The Morgan fingerprint density at radius 3 is 2.74 bits per heavy atom.